The van der Waals surface area contributed by atoms with Crippen molar-refractivity contribution in [3.8, 4) is 11.5 Å². The molecule has 25 heavy (non-hydrogen) atoms. The largest absolute Gasteiger partial charge is 0.497 e. The van der Waals surface area contributed by atoms with E-state index in [0.29, 0.717) is 17.2 Å². The Kier molecular flexibility index (Phi) is 8.02. The second kappa shape index (κ2) is 9.50. The molecule has 1 N–H and O–H groups in total. The molecule has 0 unspecified atom stereocenters. The Labute approximate surface area is 150 Å². The SMILES string of the molecule is CCC(CC)C(=O)NCCN(c1cc(OC)ccc1OC)S(C)(=O)=O. The van der Waals surface area contributed by atoms with E-state index in [4.69, 9.17) is 9.47 Å². The van der Waals surface area contributed by atoms with E-state index in [9.17, 15) is 13.2 Å². The van der Waals surface area contributed by atoms with Crippen LogP contribution in [0.15, 0.2) is 18.2 Å². The van der Waals surface area contributed by atoms with Gasteiger partial charge in [-0.1, -0.05) is 13.8 Å². The number of benzene rings is 1. The number of hydrogen-bond donors (Lipinski definition) is 1. The van der Waals surface area contributed by atoms with E-state index in [1.54, 1.807) is 18.2 Å². The van der Waals surface area contributed by atoms with Crippen molar-refractivity contribution in [2.24, 2.45) is 5.92 Å². The van der Waals surface area contributed by atoms with Gasteiger partial charge in [-0.15, -0.1) is 0 Å². The highest BCUT2D eigenvalue weighted by atomic mass is 32.2. The van der Waals surface area contributed by atoms with Gasteiger partial charge in [-0.25, -0.2) is 8.42 Å². The molecule has 8 heteroatoms. The molecule has 0 bridgehead atoms. The average molecular weight is 372 g/mol. The van der Waals surface area contributed by atoms with Crippen molar-refractivity contribution in [3.05, 3.63) is 18.2 Å². The van der Waals surface area contributed by atoms with Gasteiger partial charge in [-0.05, 0) is 25.0 Å². The first kappa shape index (κ1) is 21.1. The molecule has 1 aromatic rings. The zero-order valence-corrected chi connectivity index (χ0v) is 16.4. The molecule has 7 nitrogen and oxygen atoms in total. The fraction of sp³-hybridized carbons (Fsp3) is 0.588. The Morgan fingerprint density at radius 2 is 1.84 bits per heavy atom. The van der Waals surface area contributed by atoms with Crippen LogP contribution in [0.5, 0.6) is 11.5 Å². The maximum atomic E-state index is 12.2. The summed E-state index contributed by atoms with van der Waals surface area (Å²) in [7, 11) is -0.579. The first-order chi connectivity index (χ1) is 11.8. The monoisotopic (exact) mass is 372 g/mol. The van der Waals surface area contributed by atoms with E-state index in [1.165, 1.54) is 18.5 Å². The Morgan fingerprint density at radius 1 is 1.20 bits per heavy atom. The maximum Gasteiger partial charge on any atom is 0.232 e. The molecule has 1 aromatic carbocycles. The number of hydrogen-bond acceptors (Lipinski definition) is 5. The quantitative estimate of drug-likeness (QED) is 0.679. The highest BCUT2D eigenvalue weighted by Crippen LogP contribution is 2.33. The molecule has 0 heterocycles. The third-order valence-electron chi connectivity index (χ3n) is 4.03. The lowest BCUT2D eigenvalue weighted by molar-refractivity contribution is -0.125. The smallest absolute Gasteiger partial charge is 0.232 e. The van der Waals surface area contributed by atoms with Gasteiger partial charge in [0.05, 0.1) is 32.7 Å². The highest BCUT2D eigenvalue weighted by Gasteiger charge is 2.22. The predicted molar refractivity (Wildman–Crippen MR) is 98.8 cm³/mol. The Morgan fingerprint density at radius 3 is 2.32 bits per heavy atom. The summed E-state index contributed by atoms with van der Waals surface area (Å²) < 4.78 is 36.1. The van der Waals surface area contributed by atoms with Gasteiger partial charge in [0.2, 0.25) is 15.9 Å². The van der Waals surface area contributed by atoms with Gasteiger partial charge in [0, 0.05) is 18.5 Å². The van der Waals surface area contributed by atoms with Crippen LogP contribution in [-0.4, -0.2) is 47.9 Å². The summed E-state index contributed by atoms with van der Waals surface area (Å²) in [4.78, 5) is 12.1. The number of sulfonamides is 1. The topological polar surface area (TPSA) is 84.9 Å². The summed E-state index contributed by atoms with van der Waals surface area (Å²) in [5.74, 6) is 0.817. The minimum atomic E-state index is -3.56. The zero-order chi connectivity index (χ0) is 19.0. The predicted octanol–water partition coefficient (Wildman–Crippen LogP) is 2.02. The molecule has 0 aliphatic carbocycles. The number of ether oxygens (including phenoxy) is 2. The highest BCUT2D eigenvalue weighted by molar-refractivity contribution is 7.92. The number of nitrogens with one attached hydrogen (secondary N) is 1. The molecule has 0 fully saturated rings. The van der Waals surface area contributed by atoms with Gasteiger partial charge in [0.25, 0.3) is 0 Å². The third kappa shape index (κ3) is 5.81. The fourth-order valence-corrected chi connectivity index (χ4v) is 3.46. The lowest BCUT2D eigenvalue weighted by atomic mass is 10.0. The summed E-state index contributed by atoms with van der Waals surface area (Å²) in [5.41, 5.74) is 0.376. The van der Waals surface area contributed by atoms with Crippen molar-refractivity contribution in [1.29, 1.82) is 0 Å². The van der Waals surface area contributed by atoms with Crippen molar-refractivity contribution < 1.29 is 22.7 Å². The van der Waals surface area contributed by atoms with Crippen LogP contribution in [0.1, 0.15) is 26.7 Å². The third-order valence-corrected chi connectivity index (χ3v) is 5.21. The van der Waals surface area contributed by atoms with Gasteiger partial charge in [-0.3, -0.25) is 9.10 Å². The first-order valence-corrected chi connectivity index (χ1v) is 10.1. The van der Waals surface area contributed by atoms with E-state index in [-0.39, 0.29) is 24.9 Å². The Balaban J connectivity index is 2.99. The van der Waals surface area contributed by atoms with Gasteiger partial charge >= 0.3 is 0 Å². The Hall–Kier alpha value is -1.96. The van der Waals surface area contributed by atoms with Crippen molar-refractivity contribution in [1.82, 2.24) is 5.32 Å². The zero-order valence-electron chi connectivity index (χ0n) is 15.5. The van der Waals surface area contributed by atoms with Gasteiger partial charge in [0.1, 0.15) is 11.5 Å². The normalized spacial score (nSPS) is 11.3. The number of amides is 1. The molecule has 0 aromatic heterocycles. The summed E-state index contributed by atoms with van der Waals surface area (Å²) >= 11 is 0. The number of rotatable bonds is 10. The van der Waals surface area contributed by atoms with Crippen molar-refractivity contribution in [3.63, 3.8) is 0 Å². The fourth-order valence-electron chi connectivity index (χ4n) is 2.54. The molecule has 0 aliphatic heterocycles. The maximum absolute atomic E-state index is 12.2. The molecular formula is C17H28N2O5S. The number of nitrogens with zero attached hydrogens (tertiary/aromatic N) is 1. The molecule has 1 amide bonds. The lowest BCUT2D eigenvalue weighted by Gasteiger charge is -2.25. The van der Waals surface area contributed by atoms with Crippen molar-refractivity contribution in [2.45, 2.75) is 26.7 Å². The van der Waals surface area contributed by atoms with E-state index < -0.39 is 10.0 Å². The van der Waals surface area contributed by atoms with Gasteiger partial charge < -0.3 is 14.8 Å². The van der Waals surface area contributed by atoms with Gasteiger partial charge in [-0.2, -0.15) is 0 Å². The molecule has 0 spiro atoms. The van der Waals surface area contributed by atoms with Crippen molar-refractivity contribution >= 4 is 21.6 Å². The van der Waals surface area contributed by atoms with Crippen LogP contribution >= 0.6 is 0 Å². The minimum absolute atomic E-state index is 0.0574. The summed E-state index contributed by atoms with van der Waals surface area (Å²) in [6, 6.07) is 4.94. The number of anilines is 1. The molecule has 0 aliphatic rings. The van der Waals surface area contributed by atoms with E-state index in [1.807, 2.05) is 13.8 Å². The summed E-state index contributed by atoms with van der Waals surface area (Å²) in [6.45, 7) is 4.23. The van der Waals surface area contributed by atoms with Crippen LogP contribution < -0.4 is 19.1 Å². The molecule has 0 saturated carbocycles. The van der Waals surface area contributed by atoms with Crippen molar-refractivity contribution in [2.75, 3.05) is 37.9 Å². The van der Waals surface area contributed by atoms with E-state index >= 15 is 0 Å². The van der Waals surface area contributed by atoms with E-state index in [0.717, 1.165) is 19.1 Å². The Bertz CT molecular complexity index is 672. The average Bonchev–Trinajstić information content (AvgIpc) is 2.58. The molecule has 1 rings (SSSR count). The number of carbonyl (C=O) groups is 1. The standard InChI is InChI=1S/C17H28N2O5S/c1-6-13(7-2)17(20)18-10-11-19(25(5,21)22)15-12-14(23-3)8-9-16(15)24-4/h8-9,12-13H,6-7,10-11H2,1-5H3,(H,18,20). The van der Waals surface area contributed by atoms with Gasteiger partial charge in [0.15, 0.2) is 0 Å². The minimum Gasteiger partial charge on any atom is -0.497 e. The second-order valence-electron chi connectivity index (χ2n) is 5.68. The molecular weight excluding hydrogens is 344 g/mol. The van der Waals surface area contributed by atoms with E-state index in [2.05, 4.69) is 5.32 Å². The second-order valence-corrected chi connectivity index (χ2v) is 7.58. The molecule has 142 valence electrons. The van der Waals surface area contributed by atoms with Crippen LogP contribution in [0.4, 0.5) is 5.69 Å². The molecule has 0 saturated heterocycles. The summed E-state index contributed by atoms with van der Waals surface area (Å²) in [6.07, 6.45) is 2.62. The van der Waals surface area contributed by atoms with Crippen LogP contribution in [0, 0.1) is 5.92 Å². The van der Waals surface area contributed by atoms with Crippen LogP contribution in [0.2, 0.25) is 0 Å². The summed E-state index contributed by atoms with van der Waals surface area (Å²) in [5, 5.41) is 2.81. The number of carbonyl (C=O) groups excluding carboxylic acids is 1. The van der Waals surface area contributed by atoms with Crippen LogP contribution in [0.25, 0.3) is 0 Å². The van der Waals surface area contributed by atoms with Crippen LogP contribution in [-0.2, 0) is 14.8 Å². The number of methoxy groups -OCH3 is 2. The van der Waals surface area contributed by atoms with Crippen LogP contribution in [0.3, 0.4) is 0 Å². The molecule has 0 atom stereocenters. The lowest BCUT2D eigenvalue weighted by Crippen LogP contribution is -2.40. The first-order valence-electron chi connectivity index (χ1n) is 8.25. The molecule has 0 radical (unpaired) electrons.